The number of halogens is 3. The molecule has 11 heteroatoms. The topological polar surface area (TPSA) is 97.9 Å². The van der Waals surface area contributed by atoms with Gasteiger partial charge >= 0.3 is 0 Å². The van der Waals surface area contributed by atoms with Crippen molar-refractivity contribution in [2.45, 2.75) is 0 Å². The number of nitrogens with two attached hydrogens (primary N) is 1. The average molecular weight is 474 g/mol. The largest absolute Gasteiger partial charge is 0.351 e. The zero-order valence-electron chi connectivity index (χ0n) is 15.3. The number of benzene rings is 2. The molecule has 2 heterocycles. The summed E-state index contributed by atoms with van der Waals surface area (Å²) in [6.07, 6.45) is 0. The van der Waals surface area contributed by atoms with Gasteiger partial charge in [-0.1, -0.05) is 22.9 Å². The standard InChI is InChI=1S/C18H17ClN6OS.2ClH/c1-25-14-5-2-10(16(26)21-7-6-20)8-13(14)22-17(25)24-18-23-12-4-3-11(19)9-15(12)27-18;;/h2-5,8-9H,6-7,20H2,1H3,(H,21,26)(H,22,23,24);2*1H. The van der Waals surface area contributed by atoms with Gasteiger partial charge in [0.1, 0.15) is 0 Å². The maximum Gasteiger partial charge on any atom is 0.251 e. The number of anilines is 2. The van der Waals surface area contributed by atoms with Gasteiger partial charge in [0.25, 0.3) is 5.91 Å². The van der Waals surface area contributed by atoms with E-state index in [4.69, 9.17) is 17.3 Å². The van der Waals surface area contributed by atoms with E-state index in [2.05, 4.69) is 20.6 Å². The summed E-state index contributed by atoms with van der Waals surface area (Å²) in [6.45, 7) is 0.840. The molecule has 0 aliphatic rings. The minimum Gasteiger partial charge on any atom is -0.351 e. The summed E-state index contributed by atoms with van der Waals surface area (Å²) in [6, 6.07) is 11.0. The van der Waals surface area contributed by atoms with Crippen LogP contribution in [0.1, 0.15) is 10.4 Å². The first-order valence-corrected chi connectivity index (χ1v) is 9.52. The van der Waals surface area contributed by atoms with Gasteiger partial charge < -0.3 is 20.9 Å². The molecule has 4 rings (SSSR count). The number of imidazole rings is 1. The van der Waals surface area contributed by atoms with Gasteiger partial charge in [-0.3, -0.25) is 4.79 Å². The number of nitrogens with one attached hydrogen (secondary N) is 2. The molecular weight excluding hydrogens is 455 g/mol. The van der Waals surface area contributed by atoms with Gasteiger partial charge in [0.05, 0.1) is 21.3 Å². The van der Waals surface area contributed by atoms with Crippen LogP contribution in [0.2, 0.25) is 5.02 Å². The third-order valence-electron chi connectivity index (χ3n) is 4.14. The first-order valence-electron chi connectivity index (χ1n) is 8.33. The lowest BCUT2D eigenvalue weighted by Crippen LogP contribution is -2.28. The second-order valence-electron chi connectivity index (χ2n) is 6.00. The Morgan fingerprint density at radius 2 is 1.97 bits per heavy atom. The summed E-state index contributed by atoms with van der Waals surface area (Å²) in [5.74, 6) is 0.486. The van der Waals surface area contributed by atoms with Crippen LogP contribution in [0.5, 0.6) is 0 Å². The fourth-order valence-corrected chi connectivity index (χ4v) is 3.92. The fourth-order valence-electron chi connectivity index (χ4n) is 2.79. The second kappa shape index (κ2) is 9.60. The van der Waals surface area contributed by atoms with Crippen LogP contribution < -0.4 is 16.4 Å². The lowest BCUT2D eigenvalue weighted by molar-refractivity contribution is 0.0955. The average Bonchev–Trinajstić information content (AvgIpc) is 3.19. The van der Waals surface area contributed by atoms with Crippen molar-refractivity contribution < 1.29 is 4.79 Å². The summed E-state index contributed by atoms with van der Waals surface area (Å²) in [5, 5.41) is 7.42. The highest BCUT2D eigenvalue weighted by atomic mass is 35.5. The van der Waals surface area contributed by atoms with E-state index in [0.717, 1.165) is 26.4 Å². The molecule has 0 spiro atoms. The number of aromatic nitrogens is 3. The summed E-state index contributed by atoms with van der Waals surface area (Å²) in [5.41, 5.74) is 8.50. The highest BCUT2D eigenvalue weighted by Gasteiger charge is 2.13. The molecule has 2 aromatic carbocycles. The van der Waals surface area contributed by atoms with Crippen molar-refractivity contribution in [1.82, 2.24) is 19.9 Å². The van der Waals surface area contributed by atoms with E-state index in [1.165, 1.54) is 11.3 Å². The first kappa shape index (κ1) is 23.2. The molecule has 1 amide bonds. The number of amides is 1. The molecule has 0 aliphatic heterocycles. The maximum absolute atomic E-state index is 12.1. The van der Waals surface area contributed by atoms with Crippen molar-refractivity contribution in [2.75, 3.05) is 18.4 Å². The quantitative estimate of drug-likeness (QED) is 0.405. The van der Waals surface area contributed by atoms with E-state index < -0.39 is 0 Å². The molecule has 0 bridgehead atoms. The van der Waals surface area contributed by atoms with E-state index in [9.17, 15) is 4.79 Å². The van der Waals surface area contributed by atoms with Crippen LogP contribution in [0, 0.1) is 0 Å². The van der Waals surface area contributed by atoms with Crippen molar-refractivity contribution in [1.29, 1.82) is 0 Å². The molecule has 29 heavy (non-hydrogen) atoms. The van der Waals surface area contributed by atoms with Gasteiger partial charge in [0, 0.05) is 30.7 Å². The molecule has 4 N–H and O–H groups in total. The van der Waals surface area contributed by atoms with Crippen LogP contribution in [0.4, 0.5) is 11.1 Å². The molecule has 0 fully saturated rings. The van der Waals surface area contributed by atoms with Gasteiger partial charge in [-0.25, -0.2) is 9.97 Å². The third-order valence-corrected chi connectivity index (χ3v) is 5.31. The Labute approximate surface area is 188 Å². The predicted molar refractivity (Wildman–Crippen MR) is 125 cm³/mol. The number of rotatable bonds is 5. The van der Waals surface area contributed by atoms with Gasteiger partial charge in [0.2, 0.25) is 5.95 Å². The molecule has 4 aromatic rings. The summed E-state index contributed by atoms with van der Waals surface area (Å²) in [4.78, 5) is 21.3. The van der Waals surface area contributed by atoms with Gasteiger partial charge in [-0.05, 0) is 36.4 Å². The molecule has 0 radical (unpaired) electrons. The highest BCUT2D eigenvalue weighted by Crippen LogP contribution is 2.30. The number of hydrogen-bond acceptors (Lipinski definition) is 6. The SMILES string of the molecule is Cl.Cl.Cn1c(Nc2nc3ccc(Cl)cc3s2)nc2cc(C(=O)NCCN)ccc21. The summed E-state index contributed by atoms with van der Waals surface area (Å²) in [7, 11) is 1.91. The van der Waals surface area contributed by atoms with Crippen molar-refractivity contribution in [3.63, 3.8) is 0 Å². The molecule has 0 unspecified atom stereocenters. The highest BCUT2D eigenvalue weighted by molar-refractivity contribution is 7.22. The number of thiazole rings is 1. The molecule has 2 aromatic heterocycles. The number of aryl methyl sites for hydroxylation is 1. The normalized spacial score (nSPS) is 10.4. The predicted octanol–water partition coefficient (Wildman–Crippen LogP) is 4.11. The van der Waals surface area contributed by atoms with Gasteiger partial charge in [-0.15, -0.1) is 24.8 Å². The number of hydrogen-bond donors (Lipinski definition) is 3. The fraction of sp³-hybridized carbons (Fsp3) is 0.167. The summed E-state index contributed by atoms with van der Waals surface area (Å²) < 4.78 is 2.93. The Morgan fingerprint density at radius 1 is 1.17 bits per heavy atom. The Bertz CT molecular complexity index is 1160. The van der Waals surface area contributed by atoms with Crippen molar-refractivity contribution in [2.24, 2.45) is 12.8 Å². The zero-order chi connectivity index (χ0) is 19.0. The van der Waals surface area contributed by atoms with Crippen LogP contribution in [-0.2, 0) is 7.05 Å². The van der Waals surface area contributed by atoms with Crippen LogP contribution in [0.25, 0.3) is 21.3 Å². The smallest absolute Gasteiger partial charge is 0.251 e. The number of fused-ring (bicyclic) bond motifs is 2. The van der Waals surface area contributed by atoms with E-state index in [-0.39, 0.29) is 30.7 Å². The molecular formula is C18H19Cl3N6OS. The lowest BCUT2D eigenvalue weighted by Gasteiger charge is -2.04. The van der Waals surface area contributed by atoms with Crippen LogP contribution >= 0.6 is 47.8 Å². The number of carbonyl (C=O) groups excluding carboxylic acids is 1. The van der Waals surface area contributed by atoms with E-state index in [1.54, 1.807) is 12.1 Å². The van der Waals surface area contributed by atoms with E-state index >= 15 is 0 Å². The number of nitrogens with zero attached hydrogens (tertiary/aromatic N) is 3. The minimum atomic E-state index is -0.162. The monoisotopic (exact) mass is 472 g/mol. The van der Waals surface area contributed by atoms with Gasteiger partial charge in [-0.2, -0.15) is 0 Å². The molecule has 154 valence electrons. The van der Waals surface area contributed by atoms with Crippen molar-refractivity contribution in [3.8, 4) is 0 Å². The van der Waals surface area contributed by atoms with E-state index in [0.29, 0.717) is 29.6 Å². The van der Waals surface area contributed by atoms with Crippen LogP contribution in [-0.4, -0.2) is 33.5 Å². The first-order chi connectivity index (χ1) is 13.0. The Hall–Kier alpha value is -2.10. The molecule has 0 aliphatic carbocycles. The Kier molecular flexibility index (Phi) is 7.67. The van der Waals surface area contributed by atoms with Crippen LogP contribution in [0.15, 0.2) is 36.4 Å². The van der Waals surface area contributed by atoms with Crippen molar-refractivity contribution >= 4 is 86.0 Å². The summed E-state index contributed by atoms with van der Waals surface area (Å²) >= 11 is 7.55. The Morgan fingerprint density at radius 3 is 2.72 bits per heavy atom. The lowest BCUT2D eigenvalue weighted by atomic mass is 10.2. The maximum atomic E-state index is 12.1. The second-order valence-corrected chi connectivity index (χ2v) is 7.47. The van der Waals surface area contributed by atoms with Crippen LogP contribution in [0.3, 0.4) is 0 Å². The van der Waals surface area contributed by atoms with Gasteiger partial charge in [0.15, 0.2) is 5.13 Å². The van der Waals surface area contributed by atoms with Crippen molar-refractivity contribution in [3.05, 3.63) is 47.0 Å². The molecule has 0 saturated carbocycles. The molecule has 0 saturated heterocycles. The molecule has 0 atom stereocenters. The third kappa shape index (κ3) is 4.73. The number of carbonyl (C=O) groups is 1. The molecule has 7 nitrogen and oxygen atoms in total. The zero-order valence-corrected chi connectivity index (χ0v) is 18.5. The van der Waals surface area contributed by atoms with E-state index in [1.807, 2.05) is 35.9 Å². The minimum absolute atomic E-state index is 0. The Balaban J connectivity index is 0.00000150.